The maximum atomic E-state index is 12.3. The average molecular weight is 297 g/mol. The zero-order valence-corrected chi connectivity index (χ0v) is 13.4. The van der Waals surface area contributed by atoms with E-state index < -0.39 is 0 Å². The van der Waals surface area contributed by atoms with Gasteiger partial charge in [-0.2, -0.15) is 0 Å². The van der Waals surface area contributed by atoms with Crippen LogP contribution in [0.25, 0.3) is 10.1 Å². The van der Waals surface area contributed by atoms with Crippen LogP contribution in [0.15, 0.2) is 53.3 Å². The third-order valence-corrected chi connectivity index (χ3v) is 4.77. The van der Waals surface area contributed by atoms with E-state index in [1.54, 1.807) is 0 Å². The van der Waals surface area contributed by atoms with E-state index in [-0.39, 0.29) is 11.0 Å². The first-order valence-electron chi connectivity index (χ1n) is 7.13. The van der Waals surface area contributed by atoms with Crippen LogP contribution in [0.2, 0.25) is 0 Å². The smallest absolute Gasteiger partial charge is 0.268 e. The number of hydrogen-bond acceptors (Lipinski definition) is 2. The minimum Gasteiger partial charge on any atom is -0.268 e. The number of fused-ring (bicyclic) bond motifs is 1. The lowest BCUT2D eigenvalue weighted by Gasteiger charge is -2.19. The summed E-state index contributed by atoms with van der Waals surface area (Å²) in [5.74, 6) is 0. The van der Waals surface area contributed by atoms with Crippen LogP contribution in [-0.4, -0.2) is 3.96 Å². The first-order chi connectivity index (χ1) is 9.95. The number of aromatic nitrogens is 1. The summed E-state index contributed by atoms with van der Waals surface area (Å²) in [7, 11) is 0. The van der Waals surface area contributed by atoms with Crippen molar-refractivity contribution in [3.05, 3.63) is 70.0 Å². The van der Waals surface area contributed by atoms with Crippen LogP contribution < -0.4 is 5.56 Å². The molecule has 0 atom stereocenters. The second-order valence-electron chi connectivity index (χ2n) is 6.38. The van der Waals surface area contributed by atoms with Crippen LogP contribution in [0.4, 0.5) is 0 Å². The van der Waals surface area contributed by atoms with Crippen molar-refractivity contribution in [3.8, 4) is 0 Å². The Labute approximate surface area is 128 Å². The van der Waals surface area contributed by atoms with E-state index in [4.69, 9.17) is 0 Å². The predicted octanol–water partition coefficient (Wildman–Crippen LogP) is 4.41. The number of benzene rings is 2. The second kappa shape index (κ2) is 5.15. The van der Waals surface area contributed by atoms with Gasteiger partial charge in [-0.3, -0.25) is 8.75 Å². The van der Waals surface area contributed by atoms with Crippen molar-refractivity contribution in [2.45, 2.75) is 32.7 Å². The Morgan fingerprint density at radius 1 is 1.00 bits per heavy atom. The van der Waals surface area contributed by atoms with Gasteiger partial charge in [-0.05, 0) is 28.7 Å². The summed E-state index contributed by atoms with van der Waals surface area (Å²) >= 11 is 1.53. The molecule has 0 aliphatic rings. The standard InChI is InChI=1S/C18H19NOS/c1-18(2,3)14-10-8-13(9-11-14)12-19-17(20)15-6-4-5-7-16(15)21-19/h4-11H,12H2,1-3H3. The van der Waals surface area contributed by atoms with E-state index in [2.05, 4.69) is 45.0 Å². The van der Waals surface area contributed by atoms with Gasteiger partial charge in [0.05, 0.1) is 16.6 Å². The molecular formula is C18H19NOS. The fraction of sp³-hybridized carbons (Fsp3) is 0.278. The zero-order chi connectivity index (χ0) is 15.0. The van der Waals surface area contributed by atoms with Crippen molar-refractivity contribution in [2.24, 2.45) is 0 Å². The van der Waals surface area contributed by atoms with Crippen molar-refractivity contribution >= 4 is 21.6 Å². The monoisotopic (exact) mass is 297 g/mol. The molecule has 0 bridgehead atoms. The highest BCUT2D eigenvalue weighted by atomic mass is 32.1. The lowest BCUT2D eigenvalue weighted by molar-refractivity contribution is 0.590. The van der Waals surface area contributed by atoms with Crippen LogP contribution >= 0.6 is 11.5 Å². The molecule has 2 aromatic carbocycles. The van der Waals surface area contributed by atoms with Crippen LogP contribution in [0, 0.1) is 0 Å². The topological polar surface area (TPSA) is 22.0 Å². The second-order valence-corrected chi connectivity index (χ2v) is 7.44. The van der Waals surface area contributed by atoms with Crippen molar-refractivity contribution in [2.75, 3.05) is 0 Å². The Morgan fingerprint density at radius 3 is 2.29 bits per heavy atom. The molecule has 3 heteroatoms. The molecule has 0 saturated carbocycles. The Hall–Kier alpha value is -1.87. The number of rotatable bonds is 2. The minimum atomic E-state index is 0.107. The summed E-state index contributed by atoms with van der Waals surface area (Å²) in [6, 6.07) is 16.4. The molecule has 3 rings (SSSR count). The van der Waals surface area contributed by atoms with Crippen LogP contribution in [-0.2, 0) is 12.0 Å². The summed E-state index contributed by atoms with van der Waals surface area (Å²) in [5.41, 5.74) is 2.74. The molecule has 3 aromatic rings. The summed E-state index contributed by atoms with van der Waals surface area (Å²) in [6.45, 7) is 7.26. The molecule has 0 aliphatic heterocycles. The first kappa shape index (κ1) is 14.1. The summed E-state index contributed by atoms with van der Waals surface area (Å²) < 4.78 is 2.88. The predicted molar refractivity (Wildman–Crippen MR) is 90.3 cm³/mol. The largest absolute Gasteiger partial charge is 0.268 e. The summed E-state index contributed by atoms with van der Waals surface area (Å²) in [6.07, 6.45) is 0. The summed E-state index contributed by atoms with van der Waals surface area (Å²) in [4.78, 5) is 12.3. The van der Waals surface area contributed by atoms with Gasteiger partial charge in [-0.25, -0.2) is 0 Å². The molecule has 0 aliphatic carbocycles. The molecule has 0 fully saturated rings. The van der Waals surface area contributed by atoms with Crippen LogP contribution in [0.1, 0.15) is 31.9 Å². The molecule has 0 amide bonds. The van der Waals surface area contributed by atoms with Gasteiger partial charge >= 0.3 is 0 Å². The number of nitrogens with zero attached hydrogens (tertiary/aromatic N) is 1. The third-order valence-electron chi connectivity index (χ3n) is 3.70. The molecule has 0 radical (unpaired) electrons. The fourth-order valence-electron chi connectivity index (χ4n) is 2.40. The van der Waals surface area contributed by atoms with E-state index in [0.717, 1.165) is 15.6 Å². The van der Waals surface area contributed by atoms with E-state index in [9.17, 15) is 4.79 Å². The van der Waals surface area contributed by atoms with E-state index in [1.165, 1.54) is 17.1 Å². The highest BCUT2D eigenvalue weighted by molar-refractivity contribution is 7.13. The van der Waals surface area contributed by atoms with Crippen LogP contribution in [0.3, 0.4) is 0 Å². The Bertz CT molecular complexity index is 819. The number of hydrogen-bond donors (Lipinski definition) is 0. The van der Waals surface area contributed by atoms with E-state index in [0.29, 0.717) is 6.54 Å². The highest BCUT2D eigenvalue weighted by Gasteiger charge is 2.13. The quantitative estimate of drug-likeness (QED) is 0.687. The fourth-order valence-corrected chi connectivity index (χ4v) is 3.42. The average Bonchev–Trinajstić information content (AvgIpc) is 2.76. The molecule has 1 heterocycles. The molecule has 0 saturated heterocycles. The molecule has 0 N–H and O–H groups in total. The molecule has 2 nitrogen and oxygen atoms in total. The highest BCUT2D eigenvalue weighted by Crippen LogP contribution is 2.23. The van der Waals surface area contributed by atoms with Gasteiger partial charge in [0.1, 0.15) is 0 Å². The van der Waals surface area contributed by atoms with E-state index >= 15 is 0 Å². The molecule has 108 valence electrons. The van der Waals surface area contributed by atoms with Gasteiger partial charge in [0.25, 0.3) is 5.56 Å². The van der Waals surface area contributed by atoms with Gasteiger partial charge in [0, 0.05) is 0 Å². The van der Waals surface area contributed by atoms with Gasteiger partial charge in [-0.1, -0.05) is 68.7 Å². The molecule has 1 aromatic heterocycles. The molecule has 0 spiro atoms. The first-order valence-corrected chi connectivity index (χ1v) is 7.91. The minimum absolute atomic E-state index is 0.107. The van der Waals surface area contributed by atoms with Crippen molar-refractivity contribution in [1.29, 1.82) is 0 Å². The maximum Gasteiger partial charge on any atom is 0.268 e. The van der Waals surface area contributed by atoms with Gasteiger partial charge in [-0.15, -0.1) is 0 Å². The van der Waals surface area contributed by atoms with Crippen molar-refractivity contribution < 1.29 is 0 Å². The van der Waals surface area contributed by atoms with Gasteiger partial charge < -0.3 is 0 Å². The molecular weight excluding hydrogens is 278 g/mol. The Balaban J connectivity index is 1.92. The van der Waals surface area contributed by atoms with Gasteiger partial charge in [0.2, 0.25) is 0 Å². The molecule has 0 unspecified atom stereocenters. The zero-order valence-electron chi connectivity index (χ0n) is 12.6. The third kappa shape index (κ3) is 2.79. The molecule has 21 heavy (non-hydrogen) atoms. The lowest BCUT2D eigenvalue weighted by atomic mass is 9.87. The van der Waals surface area contributed by atoms with E-state index in [1.807, 2.05) is 28.2 Å². The van der Waals surface area contributed by atoms with Crippen molar-refractivity contribution in [3.63, 3.8) is 0 Å². The Kier molecular flexibility index (Phi) is 3.46. The SMILES string of the molecule is CC(C)(C)c1ccc(Cn2sc3ccccc3c2=O)cc1. The Morgan fingerprint density at radius 2 is 1.67 bits per heavy atom. The van der Waals surface area contributed by atoms with Crippen molar-refractivity contribution in [1.82, 2.24) is 3.96 Å². The van der Waals surface area contributed by atoms with Crippen LogP contribution in [0.5, 0.6) is 0 Å². The lowest BCUT2D eigenvalue weighted by Crippen LogP contribution is -2.14. The normalized spacial score (nSPS) is 12.0. The maximum absolute atomic E-state index is 12.3. The summed E-state index contributed by atoms with van der Waals surface area (Å²) in [5, 5.41) is 0.814. The van der Waals surface area contributed by atoms with Gasteiger partial charge in [0.15, 0.2) is 0 Å².